The van der Waals surface area contributed by atoms with E-state index in [9.17, 15) is 4.79 Å². The lowest BCUT2D eigenvalue weighted by Gasteiger charge is -2.07. The fourth-order valence-electron chi connectivity index (χ4n) is 1.07. The summed E-state index contributed by atoms with van der Waals surface area (Å²) in [7, 11) is 1.63. The maximum absolute atomic E-state index is 10.9. The largest absolute Gasteiger partial charge is 0.447 e. The molecule has 0 heterocycles. The summed E-state index contributed by atoms with van der Waals surface area (Å²) in [6, 6.07) is 0. The Bertz CT molecular complexity index is 203. The fourth-order valence-corrected chi connectivity index (χ4v) is 1.07. The molecule has 0 spiro atoms. The van der Waals surface area contributed by atoms with E-state index in [1.54, 1.807) is 7.11 Å². The van der Waals surface area contributed by atoms with E-state index in [0.717, 1.165) is 0 Å². The number of nitrogens with one attached hydrogen (secondary N) is 1. The lowest BCUT2D eigenvalue weighted by molar-refractivity contribution is -0.00226. The molecule has 0 fully saturated rings. The Kier molecular flexibility index (Phi) is 14.5. The zero-order valence-corrected chi connectivity index (χ0v) is 11.8. The van der Waals surface area contributed by atoms with Crippen LogP contribution in [0.2, 0.25) is 0 Å². The lowest BCUT2D eigenvalue weighted by atomic mass is 10.7. The maximum atomic E-state index is 10.9. The normalized spacial score (nSPS) is 10.4. The Morgan fingerprint density at radius 2 is 1.32 bits per heavy atom. The topological polar surface area (TPSA) is 75.3 Å². The molecule has 0 saturated carbocycles. The van der Waals surface area contributed by atoms with Gasteiger partial charge in [-0.25, -0.2) is 4.79 Å². The van der Waals surface area contributed by atoms with Crippen LogP contribution < -0.4 is 5.32 Å². The van der Waals surface area contributed by atoms with Crippen LogP contribution in [0.1, 0.15) is 6.92 Å². The fraction of sp³-hybridized carbons (Fsp3) is 0.917. The van der Waals surface area contributed by atoms with Gasteiger partial charge in [0.1, 0.15) is 6.61 Å². The van der Waals surface area contributed by atoms with Gasteiger partial charge in [-0.3, -0.25) is 0 Å². The number of rotatable bonds is 13. The molecule has 0 unspecified atom stereocenters. The van der Waals surface area contributed by atoms with Crippen molar-refractivity contribution in [1.82, 2.24) is 5.32 Å². The molecule has 0 aromatic rings. The Morgan fingerprint density at radius 1 is 0.842 bits per heavy atom. The Labute approximate surface area is 114 Å². The number of hydrogen-bond acceptors (Lipinski definition) is 6. The van der Waals surface area contributed by atoms with E-state index in [-0.39, 0.29) is 6.61 Å². The second kappa shape index (κ2) is 15.2. The standard InChI is InChI=1S/C12H25NO6/c1-3-13-12(14)19-11-10-18-9-8-17-7-6-16-5-4-15-2/h3-11H2,1-2H3,(H,13,14). The van der Waals surface area contributed by atoms with E-state index in [1.165, 1.54) is 0 Å². The second-order valence-electron chi connectivity index (χ2n) is 3.50. The van der Waals surface area contributed by atoms with Crippen LogP contribution in [-0.4, -0.2) is 72.6 Å². The van der Waals surface area contributed by atoms with Crippen LogP contribution in [0.3, 0.4) is 0 Å². The zero-order chi connectivity index (χ0) is 14.2. The number of ether oxygens (including phenoxy) is 5. The predicted molar refractivity (Wildman–Crippen MR) is 69.4 cm³/mol. The van der Waals surface area contributed by atoms with E-state index in [4.69, 9.17) is 23.7 Å². The Hall–Kier alpha value is -0.890. The van der Waals surface area contributed by atoms with Crippen LogP contribution in [0.25, 0.3) is 0 Å². The molecule has 1 N–H and O–H groups in total. The minimum atomic E-state index is -0.421. The molecule has 0 rings (SSSR count). The molecule has 0 saturated heterocycles. The third kappa shape index (κ3) is 15.1. The zero-order valence-electron chi connectivity index (χ0n) is 11.8. The van der Waals surface area contributed by atoms with Gasteiger partial charge in [0.2, 0.25) is 0 Å². The first-order valence-corrected chi connectivity index (χ1v) is 6.44. The third-order valence-corrected chi connectivity index (χ3v) is 1.96. The summed E-state index contributed by atoms with van der Waals surface area (Å²) in [5.41, 5.74) is 0. The lowest BCUT2D eigenvalue weighted by Crippen LogP contribution is -2.25. The van der Waals surface area contributed by atoms with E-state index in [0.29, 0.717) is 52.8 Å². The molecule has 0 aliphatic rings. The van der Waals surface area contributed by atoms with Crippen molar-refractivity contribution < 1.29 is 28.5 Å². The molecular formula is C12H25NO6. The predicted octanol–water partition coefficient (Wildman–Crippen LogP) is 0.429. The third-order valence-electron chi connectivity index (χ3n) is 1.96. The molecule has 0 aliphatic heterocycles. The average molecular weight is 279 g/mol. The highest BCUT2D eigenvalue weighted by Crippen LogP contribution is 1.83. The van der Waals surface area contributed by atoms with Crippen molar-refractivity contribution in [2.24, 2.45) is 0 Å². The van der Waals surface area contributed by atoms with Crippen molar-refractivity contribution in [3.05, 3.63) is 0 Å². The highest BCUT2D eigenvalue weighted by Gasteiger charge is 1.98. The number of carbonyl (C=O) groups is 1. The first-order chi connectivity index (χ1) is 9.31. The number of methoxy groups -OCH3 is 1. The molecule has 7 heteroatoms. The van der Waals surface area contributed by atoms with Crippen molar-refractivity contribution in [3.63, 3.8) is 0 Å². The van der Waals surface area contributed by atoms with Gasteiger partial charge in [-0.2, -0.15) is 0 Å². The van der Waals surface area contributed by atoms with Gasteiger partial charge in [0.15, 0.2) is 0 Å². The SMILES string of the molecule is CCNC(=O)OCCOCCOCCOCCOC. The minimum absolute atomic E-state index is 0.242. The summed E-state index contributed by atoms with van der Waals surface area (Å²) >= 11 is 0. The Balaban J connectivity index is 3.01. The van der Waals surface area contributed by atoms with Crippen molar-refractivity contribution in [3.8, 4) is 0 Å². The number of amides is 1. The number of alkyl carbamates (subject to hydrolysis) is 1. The molecule has 0 aromatic carbocycles. The second-order valence-corrected chi connectivity index (χ2v) is 3.50. The summed E-state index contributed by atoms with van der Waals surface area (Å²) in [5.74, 6) is 0. The summed E-state index contributed by atoms with van der Waals surface area (Å²) in [4.78, 5) is 10.9. The molecule has 1 amide bonds. The highest BCUT2D eigenvalue weighted by molar-refractivity contribution is 5.66. The van der Waals surface area contributed by atoms with Gasteiger partial charge in [-0.15, -0.1) is 0 Å². The molecule has 19 heavy (non-hydrogen) atoms. The summed E-state index contributed by atoms with van der Waals surface area (Å²) in [5, 5.41) is 2.52. The van der Waals surface area contributed by atoms with Crippen LogP contribution in [0.15, 0.2) is 0 Å². The van der Waals surface area contributed by atoms with Crippen molar-refractivity contribution in [2.75, 3.05) is 66.5 Å². The summed E-state index contributed by atoms with van der Waals surface area (Å²) < 4.78 is 25.3. The van der Waals surface area contributed by atoms with Gasteiger partial charge in [0.25, 0.3) is 0 Å². The van der Waals surface area contributed by atoms with Gasteiger partial charge >= 0.3 is 6.09 Å². The molecule has 7 nitrogen and oxygen atoms in total. The van der Waals surface area contributed by atoms with Crippen molar-refractivity contribution in [2.45, 2.75) is 6.92 Å². The molecular weight excluding hydrogens is 254 g/mol. The minimum Gasteiger partial charge on any atom is -0.447 e. The van der Waals surface area contributed by atoms with E-state index in [1.807, 2.05) is 6.92 Å². The highest BCUT2D eigenvalue weighted by atomic mass is 16.6. The first kappa shape index (κ1) is 18.1. The van der Waals surface area contributed by atoms with Crippen LogP contribution >= 0.6 is 0 Å². The van der Waals surface area contributed by atoms with Crippen molar-refractivity contribution in [1.29, 1.82) is 0 Å². The van der Waals surface area contributed by atoms with Gasteiger partial charge in [0, 0.05) is 13.7 Å². The molecule has 0 radical (unpaired) electrons. The summed E-state index contributed by atoms with van der Waals surface area (Å²) in [6.07, 6.45) is -0.421. The quantitative estimate of drug-likeness (QED) is 0.493. The van der Waals surface area contributed by atoms with E-state index >= 15 is 0 Å². The average Bonchev–Trinajstić information content (AvgIpc) is 2.40. The van der Waals surface area contributed by atoms with Crippen LogP contribution in [0.5, 0.6) is 0 Å². The van der Waals surface area contributed by atoms with Crippen LogP contribution in [-0.2, 0) is 23.7 Å². The van der Waals surface area contributed by atoms with E-state index in [2.05, 4.69) is 5.32 Å². The van der Waals surface area contributed by atoms with Crippen LogP contribution in [0, 0.1) is 0 Å². The van der Waals surface area contributed by atoms with Gasteiger partial charge in [-0.1, -0.05) is 0 Å². The monoisotopic (exact) mass is 279 g/mol. The van der Waals surface area contributed by atoms with Gasteiger partial charge < -0.3 is 29.0 Å². The summed E-state index contributed by atoms with van der Waals surface area (Å²) in [6.45, 7) is 6.20. The maximum Gasteiger partial charge on any atom is 0.407 e. The molecule has 0 atom stereocenters. The van der Waals surface area contributed by atoms with Crippen LogP contribution in [0.4, 0.5) is 4.79 Å². The number of carbonyl (C=O) groups excluding carboxylic acids is 1. The van der Waals surface area contributed by atoms with Gasteiger partial charge in [0.05, 0.1) is 46.2 Å². The molecule has 0 bridgehead atoms. The number of hydrogen-bond donors (Lipinski definition) is 1. The van der Waals surface area contributed by atoms with Crippen molar-refractivity contribution >= 4 is 6.09 Å². The molecule has 114 valence electrons. The van der Waals surface area contributed by atoms with Gasteiger partial charge in [-0.05, 0) is 6.92 Å². The smallest absolute Gasteiger partial charge is 0.407 e. The Morgan fingerprint density at radius 3 is 1.79 bits per heavy atom. The van der Waals surface area contributed by atoms with E-state index < -0.39 is 6.09 Å². The molecule has 0 aliphatic carbocycles. The molecule has 0 aromatic heterocycles. The first-order valence-electron chi connectivity index (χ1n) is 6.44.